The van der Waals surface area contributed by atoms with Gasteiger partial charge in [0, 0.05) is 13.1 Å². The first-order chi connectivity index (χ1) is 9.56. The van der Waals surface area contributed by atoms with Gasteiger partial charge >= 0.3 is 6.03 Å². The van der Waals surface area contributed by atoms with Crippen molar-refractivity contribution in [3.8, 4) is 0 Å². The van der Waals surface area contributed by atoms with Crippen LogP contribution in [0.15, 0.2) is 18.2 Å². The molecule has 6 heteroatoms. The lowest BCUT2D eigenvalue weighted by molar-refractivity contribution is 0.149. The number of aliphatic hydroxyl groups is 1. The second-order valence-electron chi connectivity index (χ2n) is 5.03. The first kappa shape index (κ1) is 14.7. The van der Waals surface area contributed by atoms with Crippen molar-refractivity contribution in [3.05, 3.63) is 35.4 Å². The highest BCUT2D eigenvalue weighted by Gasteiger charge is 2.29. The fourth-order valence-corrected chi connectivity index (χ4v) is 1.95. The molecule has 1 aromatic rings. The zero-order valence-corrected chi connectivity index (χ0v) is 11.0. The molecule has 0 spiro atoms. The average Bonchev–Trinajstić information content (AvgIpc) is 3.24. The van der Waals surface area contributed by atoms with Gasteiger partial charge in [-0.25, -0.2) is 13.6 Å². The van der Waals surface area contributed by atoms with E-state index in [1.54, 1.807) is 0 Å². The van der Waals surface area contributed by atoms with E-state index in [1.165, 1.54) is 0 Å². The molecule has 2 rings (SSSR count). The summed E-state index contributed by atoms with van der Waals surface area (Å²) in [4.78, 5) is 11.4. The van der Waals surface area contributed by atoms with Crippen LogP contribution in [0.4, 0.5) is 13.6 Å². The van der Waals surface area contributed by atoms with Gasteiger partial charge in [0.2, 0.25) is 0 Å². The third kappa shape index (κ3) is 4.45. The summed E-state index contributed by atoms with van der Waals surface area (Å²) in [6.45, 7) is 0.413. The highest BCUT2D eigenvalue weighted by molar-refractivity contribution is 5.73. The minimum absolute atomic E-state index is 0.200. The fraction of sp³-hybridized carbons (Fsp3) is 0.500. The molecule has 0 aromatic heterocycles. The maximum atomic E-state index is 13.3. The Bertz CT molecular complexity index is 478. The molecular weight excluding hydrogens is 266 g/mol. The predicted molar refractivity (Wildman–Crippen MR) is 70.2 cm³/mol. The third-order valence-electron chi connectivity index (χ3n) is 3.33. The summed E-state index contributed by atoms with van der Waals surface area (Å²) < 4.78 is 26.2. The summed E-state index contributed by atoms with van der Waals surface area (Å²) in [7, 11) is 0. The Labute approximate surface area is 116 Å². The van der Waals surface area contributed by atoms with E-state index in [-0.39, 0.29) is 25.1 Å². The van der Waals surface area contributed by atoms with E-state index < -0.39 is 23.8 Å². The third-order valence-corrected chi connectivity index (χ3v) is 3.33. The van der Waals surface area contributed by atoms with Gasteiger partial charge in [0.15, 0.2) is 0 Å². The zero-order valence-electron chi connectivity index (χ0n) is 11.0. The molecule has 3 N–H and O–H groups in total. The van der Waals surface area contributed by atoms with Crippen molar-refractivity contribution in [1.29, 1.82) is 0 Å². The van der Waals surface area contributed by atoms with Crippen LogP contribution in [0, 0.1) is 17.6 Å². The zero-order chi connectivity index (χ0) is 14.5. The van der Waals surface area contributed by atoms with Gasteiger partial charge in [-0.2, -0.15) is 0 Å². The molecule has 110 valence electrons. The van der Waals surface area contributed by atoms with E-state index >= 15 is 0 Å². The molecule has 2 amide bonds. The smallest absolute Gasteiger partial charge is 0.314 e. The Morgan fingerprint density at radius 2 is 2.10 bits per heavy atom. The molecule has 1 saturated carbocycles. The van der Waals surface area contributed by atoms with Crippen LogP contribution < -0.4 is 10.6 Å². The summed E-state index contributed by atoms with van der Waals surface area (Å²) in [6, 6.07) is 2.82. The highest BCUT2D eigenvalue weighted by Crippen LogP contribution is 2.32. The van der Waals surface area contributed by atoms with Gasteiger partial charge in [0.05, 0.1) is 6.10 Å². The first-order valence-electron chi connectivity index (χ1n) is 6.70. The fourth-order valence-electron chi connectivity index (χ4n) is 1.95. The second-order valence-corrected chi connectivity index (χ2v) is 5.03. The number of amides is 2. The summed E-state index contributed by atoms with van der Waals surface area (Å²) >= 11 is 0. The number of hydrogen-bond acceptors (Lipinski definition) is 2. The Morgan fingerprint density at radius 3 is 2.80 bits per heavy atom. The van der Waals surface area contributed by atoms with Crippen molar-refractivity contribution in [3.63, 3.8) is 0 Å². The number of halogens is 2. The van der Waals surface area contributed by atoms with Crippen molar-refractivity contribution in [1.82, 2.24) is 10.6 Å². The number of hydrogen-bond donors (Lipinski definition) is 3. The number of carbonyl (C=O) groups is 1. The lowest BCUT2D eigenvalue weighted by atomic mass is 10.1. The van der Waals surface area contributed by atoms with Crippen molar-refractivity contribution >= 4 is 6.03 Å². The first-order valence-corrected chi connectivity index (χ1v) is 6.70. The maximum absolute atomic E-state index is 13.3. The van der Waals surface area contributed by atoms with E-state index in [1.807, 2.05) is 0 Å². The van der Waals surface area contributed by atoms with Crippen molar-refractivity contribution in [2.45, 2.75) is 25.4 Å². The monoisotopic (exact) mass is 284 g/mol. The standard InChI is InChI=1S/C14H18F2N2O2/c15-11-3-4-12(16)10(7-11)5-6-17-14(20)18-8-13(19)9-1-2-9/h3-4,7,9,13,19H,1-2,5-6,8H2,(H2,17,18,20). The maximum Gasteiger partial charge on any atom is 0.314 e. The topological polar surface area (TPSA) is 61.4 Å². The van der Waals surface area contributed by atoms with Crippen LogP contribution >= 0.6 is 0 Å². The second kappa shape index (κ2) is 6.65. The van der Waals surface area contributed by atoms with Gasteiger partial charge in [-0.05, 0) is 48.9 Å². The summed E-state index contributed by atoms with van der Waals surface area (Å²) in [6.07, 6.45) is 1.72. The Hall–Kier alpha value is -1.69. The van der Waals surface area contributed by atoms with Crippen LogP contribution in [0.2, 0.25) is 0 Å². The highest BCUT2D eigenvalue weighted by atomic mass is 19.1. The molecule has 1 aromatic carbocycles. The van der Waals surface area contributed by atoms with Crippen LogP contribution in [0.5, 0.6) is 0 Å². The molecule has 4 nitrogen and oxygen atoms in total. The van der Waals surface area contributed by atoms with Gasteiger partial charge in [0.25, 0.3) is 0 Å². The summed E-state index contributed by atoms with van der Waals surface area (Å²) in [5, 5.41) is 14.7. The SMILES string of the molecule is O=C(NCCc1cc(F)ccc1F)NCC(O)C1CC1. The van der Waals surface area contributed by atoms with Crippen molar-refractivity contribution in [2.24, 2.45) is 5.92 Å². The average molecular weight is 284 g/mol. The number of urea groups is 1. The van der Waals surface area contributed by atoms with Crippen molar-refractivity contribution < 1.29 is 18.7 Å². The van der Waals surface area contributed by atoms with E-state index in [2.05, 4.69) is 10.6 Å². The van der Waals surface area contributed by atoms with Crippen LogP contribution in [0.3, 0.4) is 0 Å². The van der Waals surface area contributed by atoms with Crippen LogP contribution in [0.1, 0.15) is 18.4 Å². The van der Waals surface area contributed by atoms with E-state index in [0.29, 0.717) is 5.92 Å². The van der Waals surface area contributed by atoms with Crippen molar-refractivity contribution in [2.75, 3.05) is 13.1 Å². The number of carbonyl (C=O) groups excluding carboxylic acids is 1. The van der Waals surface area contributed by atoms with Crippen LogP contribution in [0.25, 0.3) is 0 Å². The van der Waals surface area contributed by atoms with E-state index in [0.717, 1.165) is 31.0 Å². The molecule has 0 aliphatic heterocycles. The number of aliphatic hydroxyl groups excluding tert-OH is 1. The molecule has 0 radical (unpaired) electrons. The lowest BCUT2D eigenvalue weighted by Gasteiger charge is -2.11. The number of benzene rings is 1. The normalized spacial score (nSPS) is 15.8. The minimum Gasteiger partial charge on any atom is -0.391 e. The predicted octanol–water partition coefficient (Wildman–Crippen LogP) is 1.58. The summed E-state index contributed by atoms with van der Waals surface area (Å²) in [5.74, 6) is -0.687. The molecule has 1 aliphatic rings. The molecule has 20 heavy (non-hydrogen) atoms. The molecule has 0 saturated heterocycles. The lowest BCUT2D eigenvalue weighted by Crippen LogP contribution is -2.41. The molecule has 1 fully saturated rings. The Morgan fingerprint density at radius 1 is 1.35 bits per heavy atom. The molecule has 0 bridgehead atoms. The van der Waals surface area contributed by atoms with Crippen LogP contribution in [-0.2, 0) is 6.42 Å². The summed E-state index contributed by atoms with van der Waals surface area (Å²) in [5.41, 5.74) is 0.225. The van der Waals surface area contributed by atoms with Gasteiger partial charge in [-0.3, -0.25) is 0 Å². The Balaban J connectivity index is 1.66. The van der Waals surface area contributed by atoms with Gasteiger partial charge in [0.1, 0.15) is 11.6 Å². The number of nitrogens with one attached hydrogen (secondary N) is 2. The van der Waals surface area contributed by atoms with Gasteiger partial charge < -0.3 is 15.7 Å². The van der Waals surface area contributed by atoms with Gasteiger partial charge in [-0.15, -0.1) is 0 Å². The Kier molecular flexibility index (Phi) is 4.89. The van der Waals surface area contributed by atoms with Gasteiger partial charge in [-0.1, -0.05) is 0 Å². The molecule has 0 heterocycles. The van der Waals surface area contributed by atoms with E-state index in [9.17, 15) is 18.7 Å². The molecule has 1 aliphatic carbocycles. The largest absolute Gasteiger partial charge is 0.391 e. The quantitative estimate of drug-likeness (QED) is 0.742. The minimum atomic E-state index is -0.501. The van der Waals surface area contributed by atoms with E-state index in [4.69, 9.17) is 0 Å². The molecule has 1 atom stereocenters. The van der Waals surface area contributed by atoms with Crippen LogP contribution in [-0.4, -0.2) is 30.3 Å². The molecule has 1 unspecified atom stereocenters. The number of rotatable bonds is 6. The molecular formula is C14H18F2N2O2.